The molecule has 1 amide bonds. The summed E-state index contributed by atoms with van der Waals surface area (Å²) in [6.07, 6.45) is 0. The maximum Gasteiger partial charge on any atom is 0.252 e. The predicted octanol–water partition coefficient (Wildman–Crippen LogP) is 3.33. The molecule has 0 aliphatic carbocycles. The van der Waals surface area contributed by atoms with Crippen LogP contribution in [0.1, 0.15) is 24.2 Å². The van der Waals surface area contributed by atoms with E-state index in [9.17, 15) is 13.2 Å². The first-order chi connectivity index (χ1) is 11.8. The van der Waals surface area contributed by atoms with Crippen LogP contribution in [0.25, 0.3) is 0 Å². The topological polar surface area (TPSA) is 72.5 Å². The molecule has 0 fully saturated rings. The Morgan fingerprint density at radius 2 is 1.76 bits per heavy atom. The number of ether oxygens (including phenoxy) is 1. The van der Waals surface area contributed by atoms with Gasteiger partial charge in [-0.3, -0.25) is 4.79 Å². The highest BCUT2D eigenvalue weighted by atomic mass is 35.5. The molecule has 0 aliphatic rings. The quantitative estimate of drug-likeness (QED) is 0.746. The lowest BCUT2D eigenvalue weighted by Gasteiger charge is -2.13. The minimum absolute atomic E-state index is 0.0427. The fourth-order valence-electron chi connectivity index (χ4n) is 2.12. The Hall–Kier alpha value is -2.05. The van der Waals surface area contributed by atoms with Crippen molar-refractivity contribution in [1.82, 2.24) is 5.32 Å². The third-order valence-electron chi connectivity index (χ3n) is 3.53. The summed E-state index contributed by atoms with van der Waals surface area (Å²) in [5.41, 5.74) is 0.141. The van der Waals surface area contributed by atoms with Gasteiger partial charge in [-0.25, -0.2) is 8.42 Å². The molecule has 5 nitrogen and oxygen atoms in total. The zero-order chi connectivity index (χ0) is 18.4. The molecule has 2 aromatic rings. The van der Waals surface area contributed by atoms with Gasteiger partial charge >= 0.3 is 0 Å². The number of sulfone groups is 1. The van der Waals surface area contributed by atoms with E-state index in [4.69, 9.17) is 16.3 Å². The van der Waals surface area contributed by atoms with Crippen molar-refractivity contribution in [2.24, 2.45) is 0 Å². The minimum Gasteiger partial charge on any atom is -0.492 e. The first kappa shape index (κ1) is 19.3. The van der Waals surface area contributed by atoms with Crippen LogP contribution in [0.2, 0.25) is 5.02 Å². The zero-order valence-electron chi connectivity index (χ0n) is 14.0. The second-order valence-electron chi connectivity index (χ2n) is 5.65. The van der Waals surface area contributed by atoms with E-state index in [0.717, 1.165) is 0 Å². The fourth-order valence-corrected chi connectivity index (χ4v) is 3.49. The molecule has 0 bridgehead atoms. The lowest BCUT2D eigenvalue weighted by Crippen LogP contribution is -2.30. The molecule has 1 N–H and O–H groups in total. The van der Waals surface area contributed by atoms with Gasteiger partial charge < -0.3 is 10.1 Å². The summed E-state index contributed by atoms with van der Waals surface area (Å²) in [5.74, 6) is 0.195. The van der Waals surface area contributed by atoms with Gasteiger partial charge in [0.05, 0.1) is 22.3 Å². The predicted molar refractivity (Wildman–Crippen MR) is 98.0 cm³/mol. The zero-order valence-corrected chi connectivity index (χ0v) is 15.6. The van der Waals surface area contributed by atoms with E-state index in [0.29, 0.717) is 10.8 Å². The van der Waals surface area contributed by atoms with Gasteiger partial charge in [-0.2, -0.15) is 0 Å². The van der Waals surface area contributed by atoms with Crippen LogP contribution >= 0.6 is 11.6 Å². The molecule has 0 saturated heterocycles. The smallest absolute Gasteiger partial charge is 0.252 e. The molecule has 0 radical (unpaired) electrons. The van der Waals surface area contributed by atoms with Crippen molar-refractivity contribution in [3.63, 3.8) is 0 Å². The largest absolute Gasteiger partial charge is 0.492 e. The Morgan fingerprint density at radius 3 is 2.40 bits per heavy atom. The van der Waals surface area contributed by atoms with Gasteiger partial charge in [0.15, 0.2) is 9.84 Å². The lowest BCUT2D eigenvalue weighted by atomic mass is 10.2. The number of hydrogen-bond donors (Lipinski definition) is 1. The van der Waals surface area contributed by atoms with Gasteiger partial charge in [0.2, 0.25) is 0 Å². The third kappa shape index (κ3) is 4.96. The van der Waals surface area contributed by atoms with E-state index in [1.165, 1.54) is 12.1 Å². The Balaban J connectivity index is 1.99. The Bertz CT molecular complexity index is 832. The van der Waals surface area contributed by atoms with Crippen molar-refractivity contribution in [3.05, 3.63) is 59.1 Å². The van der Waals surface area contributed by atoms with E-state index in [1.54, 1.807) is 50.2 Å². The SMILES string of the molecule is CC(C)S(=O)(=O)c1ccccc1C(=O)NCCOc1ccc(Cl)cc1. The molecule has 134 valence electrons. The molecular weight excluding hydrogens is 362 g/mol. The summed E-state index contributed by atoms with van der Waals surface area (Å²) in [4.78, 5) is 12.4. The monoisotopic (exact) mass is 381 g/mol. The number of halogens is 1. The standard InChI is InChI=1S/C18H20ClNO4S/c1-13(2)25(22,23)17-6-4-3-5-16(17)18(21)20-11-12-24-15-9-7-14(19)8-10-15/h3-10,13H,11-12H2,1-2H3,(H,20,21). The van der Waals surface area contributed by atoms with Crippen LogP contribution in [-0.4, -0.2) is 32.7 Å². The summed E-state index contributed by atoms with van der Waals surface area (Å²) in [7, 11) is -3.53. The summed E-state index contributed by atoms with van der Waals surface area (Å²) in [5, 5.41) is 2.69. The molecule has 0 atom stereocenters. The molecule has 0 heterocycles. The molecule has 0 unspecified atom stereocenters. The van der Waals surface area contributed by atoms with E-state index >= 15 is 0 Å². The second-order valence-corrected chi connectivity index (χ2v) is 8.56. The highest BCUT2D eigenvalue weighted by molar-refractivity contribution is 7.92. The average Bonchev–Trinajstić information content (AvgIpc) is 2.60. The van der Waals surface area contributed by atoms with E-state index in [-0.39, 0.29) is 23.6 Å². The molecule has 0 aromatic heterocycles. The Morgan fingerprint density at radius 1 is 1.12 bits per heavy atom. The molecule has 7 heteroatoms. The summed E-state index contributed by atoms with van der Waals surface area (Å²) in [6, 6.07) is 13.1. The van der Waals surface area contributed by atoms with Crippen LogP contribution in [0.4, 0.5) is 0 Å². The maximum atomic E-state index is 12.4. The second kappa shape index (κ2) is 8.36. The molecule has 0 saturated carbocycles. The number of benzene rings is 2. The lowest BCUT2D eigenvalue weighted by molar-refractivity contribution is 0.0943. The van der Waals surface area contributed by atoms with E-state index in [2.05, 4.69) is 5.32 Å². The number of amides is 1. The highest BCUT2D eigenvalue weighted by Gasteiger charge is 2.24. The number of carbonyl (C=O) groups is 1. The van der Waals surface area contributed by atoms with Gasteiger partial charge in [0.25, 0.3) is 5.91 Å². The van der Waals surface area contributed by atoms with Crippen LogP contribution in [0, 0.1) is 0 Å². The first-order valence-corrected chi connectivity index (χ1v) is 9.74. The molecule has 0 aliphatic heterocycles. The summed E-state index contributed by atoms with van der Waals surface area (Å²) >= 11 is 5.79. The number of rotatable bonds is 7. The molecule has 2 rings (SSSR count). The van der Waals surface area contributed by atoms with Crippen LogP contribution in [0.5, 0.6) is 5.75 Å². The molecule has 0 spiro atoms. The third-order valence-corrected chi connectivity index (χ3v) is 5.99. The van der Waals surface area contributed by atoms with E-state index in [1.807, 2.05) is 0 Å². The highest BCUT2D eigenvalue weighted by Crippen LogP contribution is 2.20. The van der Waals surface area contributed by atoms with Crippen molar-refractivity contribution in [1.29, 1.82) is 0 Å². The van der Waals surface area contributed by atoms with Crippen LogP contribution in [0.3, 0.4) is 0 Å². The number of carbonyl (C=O) groups excluding carboxylic acids is 1. The minimum atomic E-state index is -3.53. The number of nitrogens with one attached hydrogen (secondary N) is 1. The van der Waals surface area contributed by atoms with Crippen LogP contribution in [0.15, 0.2) is 53.4 Å². The van der Waals surface area contributed by atoms with Crippen LogP contribution < -0.4 is 10.1 Å². The van der Waals surface area contributed by atoms with Gasteiger partial charge in [-0.05, 0) is 50.2 Å². The Kier molecular flexibility index (Phi) is 6.45. The first-order valence-electron chi connectivity index (χ1n) is 7.82. The Labute approximate surface area is 152 Å². The molecule has 25 heavy (non-hydrogen) atoms. The van der Waals surface area contributed by atoms with Crippen molar-refractivity contribution < 1.29 is 17.9 Å². The number of hydrogen-bond acceptors (Lipinski definition) is 4. The maximum absolute atomic E-state index is 12.4. The summed E-state index contributed by atoms with van der Waals surface area (Å²) in [6.45, 7) is 3.68. The normalized spacial score (nSPS) is 11.4. The van der Waals surface area contributed by atoms with E-state index < -0.39 is 21.0 Å². The molecular formula is C18H20ClNO4S. The van der Waals surface area contributed by atoms with Gasteiger partial charge in [0, 0.05) is 5.02 Å². The average molecular weight is 382 g/mol. The van der Waals surface area contributed by atoms with Crippen molar-refractivity contribution in [2.45, 2.75) is 24.0 Å². The fraction of sp³-hybridized carbons (Fsp3) is 0.278. The van der Waals surface area contributed by atoms with Gasteiger partial charge in [0.1, 0.15) is 12.4 Å². The van der Waals surface area contributed by atoms with Crippen molar-refractivity contribution >= 4 is 27.3 Å². The van der Waals surface area contributed by atoms with Gasteiger partial charge in [-0.15, -0.1) is 0 Å². The summed E-state index contributed by atoms with van der Waals surface area (Å²) < 4.78 is 30.3. The molecule has 2 aromatic carbocycles. The van der Waals surface area contributed by atoms with Crippen molar-refractivity contribution in [3.8, 4) is 5.75 Å². The van der Waals surface area contributed by atoms with Crippen LogP contribution in [-0.2, 0) is 9.84 Å². The van der Waals surface area contributed by atoms with Gasteiger partial charge in [-0.1, -0.05) is 23.7 Å². The van der Waals surface area contributed by atoms with Crippen molar-refractivity contribution in [2.75, 3.05) is 13.2 Å².